The van der Waals surface area contributed by atoms with E-state index in [4.69, 9.17) is 0 Å². The first kappa shape index (κ1) is 12.5. The van der Waals surface area contributed by atoms with Gasteiger partial charge in [-0.05, 0) is 23.9 Å². The molecule has 0 aliphatic carbocycles. The van der Waals surface area contributed by atoms with E-state index in [0.29, 0.717) is 0 Å². The van der Waals surface area contributed by atoms with Gasteiger partial charge in [0, 0.05) is 16.1 Å². The first-order valence-corrected chi connectivity index (χ1v) is 8.72. The number of hydrogen-bond donors (Lipinski definition) is 0. The van der Waals surface area contributed by atoms with Crippen molar-refractivity contribution >= 4 is 44.0 Å². The minimum atomic E-state index is 0.941. The number of thioether (sulfide) groups is 1. The topological polar surface area (TPSA) is 15.6 Å². The number of rotatable bonds is 3. The predicted molar refractivity (Wildman–Crippen MR) is 90.3 cm³/mol. The van der Waals surface area contributed by atoms with Crippen LogP contribution in [0.5, 0.6) is 0 Å². The molecule has 2 aliphatic heterocycles. The molecule has 0 N–H and O–H groups in total. The lowest BCUT2D eigenvalue weighted by Crippen LogP contribution is -2.19. The molecule has 1 aromatic heterocycles. The molecule has 0 bridgehead atoms. The van der Waals surface area contributed by atoms with Gasteiger partial charge in [0.05, 0.1) is 17.1 Å². The largest absolute Gasteiger partial charge is 0.317 e. The van der Waals surface area contributed by atoms with Gasteiger partial charge in [-0.15, -0.1) is 11.3 Å². The quantitative estimate of drug-likeness (QED) is 0.810. The van der Waals surface area contributed by atoms with Gasteiger partial charge in [-0.2, -0.15) is 0 Å². The SMILES string of the molecule is CCCC1=C(c2cc3ccccc3s2)N2CCN=C2S1. The molecule has 4 heteroatoms. The number of amidine groups is 1. The molecular weight excluding hydrogens is 284 g/mol. The lowest BCUT2D eigenvalue weighted by Gasteiger charge is -2.15. The van der Waals surface area contributed by atoms with Gasteiger partial charge >= 0.3 is 0 Å². The smallest absolute Gasteiger partial charge is 0.168 e. The van der Waals surface area contributed by atoms with Gasteiger partial charge < -0.3 is 4.90 Å². The van der Waals surface area contributed by atoms with Crippen LogP contribution in [-0.4, -0.2) is 23.2 Å². The Labute approximate surface area is 127 Å². The van der Waals surface area contributed by atoms with Crippen LogP contribution < -0.4 is 0 Å². The Hall–Kier alpha value is -1.26. The molecule has 0 unspecified atom stereocenters. The van der Waals surface area contributed by atoms with Gasteiger partial charge in [-0.25, -0.2) is 0 Å². The summed E-state index contributed by atoms with van der Waals surface area (Å²) in [5, 5.41) is 2.56. The average molecular weight is 300 g/mol. The highest BCUT2D eigenvalue weighted by molar-refractivity contribution is 8.17. The Balaban J connectivity index is 1.84. The second kappa shape index (κ2) is 4.93. The third-order valence-corrected chi connectivity index (χ3v) is 5.98. The van der Waals surface area contributed by atoms with E-state index in [2.05, 4.69) is 47.1 Å². The van der Waals surface area contributed by atoms with Crippen LogP contribution in [0.3, 0.4) is 0 Å². The molecule has 20 heavy (non-hydrogen) atoms. The van der Waals surface area contributed by atoms with Crippen LogP contribution in [0.4, 0.5) is 0 Å². The van der Waals surface area contributed by atoms with Crippen LogP contribution in [0.2, 0.25) is 0 Å². The molecule has 0 fully saturated rings. The van der Waals surface area contributed by atoms with Crippen molar-refractivity contribution in [1.82, 2.24) is 4.90 Å². The van der Waals surface area contributed by atoms with E-state index < -0.39 is 0 Å². The van der Waals surface area contributed by atoms with Gasteiger partial charge in [0.15, 0.2) is 5.17 Å². The van der Waals surface area contributed by atoms with Crippen molar-refractivity contribution in [3.05, 3.63) is 40.1 Å². The third-order valence-electron chi connectivity index (χ3n) is 3.69. The fraction of sp³-hybridized carbons (Fsp3) is 0.312. The molecular formula is C16H16N2S2. The lowest BCUT2D eigenvalue weighted by molar-refractivity contribution is 0.647. The zero-order valence-electron chi connectivity index (χ0n) is 11.4. The molecule has 3 heterocycles. The van der Waals surface area contributed by atoms with E-state index >= 15 is 0 Å². The Morgan fingerprint density at radius 2 is 2.20 bits per heavy atom. The second-order valence-corrected chi connectivity index (χ2v) is 7.23. The van der Waals surface area contributed by atoms with Crippen LogP contribution in [-0.2, 0) is 0 Å². The fourth-order valence-electron chi connectivity index (χ4n) is 2.80. The highest BCUT2D eigenvalue weighted by Crippen LogP contribution is 2.46. The van der Waals surface area contributed by atoms with E-state index in [-0.39, 0.29) is 0 Å². The van der Waals surface area contributed by atoms with Crippen molar-refractivity contribution < 1.29 is 0 Å². The molecule has 1 aromatic carbocycles. The van der Waals surface area contributed by atoms with Crippen molar-refractivity contribution in [2.45, 2.75) is 19.8 Å². The van der Waals surface area contributed by atoms with Gasteiger partial charge in [0.2, 0.25) is 0 Å². The molecule has 0 spiro atoms. The standard InChI is InChI=1S/C16H16N2S2/c1-2-5-13-15(18-9-8-17-16(18)20-13)14-10-11-6-3-4-7-12(11)19-14/h3-4,6-7,10H,2,5,8-9H2,1H3. The highest BCUT2D eigenvalue weighted by Gasteiger charge is 2.33. The first-order valence-electron chi connectivity index (χ1n) is 7.09. The molecule has 0 radical (unpaired) electrons. The number of allylic oxidation sites excluding steroid dienone is 1. The fourth-order valence-corrected chi connectivity index (χ4v) is 5.30. The number of aliphatic imine (C=N–C) groups is 1. The minimum absolute atomic E-state index is 0.941. The average Bonchev–Trinajstić information content (AvgIpc) is 3.11. The van der Waals surface area contributed by atoms with E-state index in [1.54, 1.807) is 0 Å². The van der Waals surface area contributed by atoms with Crippen molar-refractivity contribution in [2.75, 3.05) is 13.1 Å². The molecule has 0 saturated carbocycles. The van der Waals surface area contributed by atoms with Gasteiger partial charge in [0.25, 0.3) is 0 Å². The molecule has 4 rings (SSSR count). The number of hydrogen-bond acceptors (Lipinski definition) is 4. The molecule has 0 saturated heterocycles. The van der Waals surface area contributed by atoms with Gasteiger partial charge in [0.1, 0.15) is 0 Å². The van der Waals surface area contributed by atoms with E-state index in [9.17, 15) is 0 Å². The molecule has 0 amide bonds. The molecule has 2 aromatic rings. The number of fused-ring (bicyclic) bond motifs is 2. The van der Waals surface area contributed by atoms with Crippen molar-refractivity contribution in [2.24, 2.45) is 4.99 Å². The number of nitrogens with zero attached hydrogens (tertiary/aromatic N) is 2. The normalized spacial score (nSPS) is 18.1. The Morgan fingerprint density at radius 3 is 3.05 bits per heavy atom. The van der Waals surface area contributed by atoms with Crippen molar-refractivity contribution in [3.63, 3.8) is 0 Å². The highest BCUT2D eigenvalue weighted by atomic mass is 32.2. The molecule has 102 valence electrons. The monoisotopic (exact) mass is 300 g/mol. The summed E-state index contributed by atoms with van der Waals surface area (Å²) in [6.45, 7) is 4.23. The van der Waals surface area contributed by atoms with Crippen LogP contribution in [0.25, 0.3) is 15.8 Å². The summed E-state index contributed by atoms with van der Waals surface area (Å²) in [4.78, 5) is 9.94. The second-order valence-electron chi connectivity index (χ2n) is 5.09. The third kappa shape index (κ3) is 1.90. The molecule has 2 aliphatic rings. The molecule has 2 nitrogen and oxygen atoms in total. The lowest BCUT2D eigenvalue weighted by atomic mass is 10.2. The maximum atomic E-state index is 4.63. The van der Waals surface area contributed by atoms with Crippen LogP contribution in [0, 0.1) is 0 Å². The summed E-state index contributed by atoms with van der Waals surface area (Å²) < 4.78 is 1.38. The maximum Gasteiger partial charge on any atom is 0.168 e. The zero-order valence-corrected chi connectivity index (χ0v) is 13.1. The minimum Gasteiger partial charge on any atom is -0.317 e. The number of benzene rings is 1. The summed E-state index contributed by atoms with van der Waals surface area (Å²) >= 11 is 3.79. The molecule has 0 atom stereocenters. The maximum absolute atomic E-state index is 4.63. The van der Waals surface area contributed by atoms with Crippen LogP contribution in [0.15, 0.2) is 40.2 Å². The summed E-state index contributed by atoms with van der Waals surface area (Å²) in [6, 6.07) is 11.0. The van der Waals surface area contributed by atoms with Gasteiger partial charge in [-0.3, -0.25) is 4.99 Å². The van der Waals surface area contributed by atoms with Crippen LogP contribution >= 0.6 is 23.1 Å². The Morgan fingerprint density at radius 1 is 1.30 bits per heavy atom. The summed E-state index contributed by atoms with van der Waals surface area (Å²) in [6.07, 6.45) is 2.35. The van der Waals surface area contributed by atoms with Crippen molar-refractivity contribution in [1.29, 1.82) is 0 Å². The summed E-state index contributed by atoms with van der Waals surface area (Å²) in [7, 11) is 0. The Bertz CT molecular complexity index is 694. The van der Waals surface area contributed by atoms with E-state index in [1.807, 2.05) is 23.1 Å². The van der Waals surface area contributed by atoms with E-state index in [1.165, 1.54) is 37.2 Å². The van der Waals surface area contributed by atoms with Gasteiger partial charge in [-0.1, -0.05) is 43.3 Å². The summed E-state index contributed by atoms with van der Waals surface area (Å²) in [5.74, 6) is 0. The Kier molecular flexibility index (Phi) is 3.08. The number of thiophene rings is 1. The summed E-state index contributed by atoms with van der Waals surface area (Å²) in [5.41, 5.74) is 1.43. The van der Waals surface area contributed by atoms with E-state index in [0.717, 1.165) is 19.5 Å². The zero-order chi connectivity index (χ0) is 13.5. The van der Waals surface area contributed by atoms with Crippen molar-refractivity contribution in [3.8, 4) is 0 Å². The first-order chi connectivity index (χ1) is 9.86. The van der Waals surface area contributed by atoms with Crippen LogP contribution in [0.1, 0.15) is 24.6 Å². The predicted octanol–water partition coefficient (Wildman–Crippen LogP) is 4.79.